The predicted octanol–water partition coefficient (Wildman–Crippen LogP) is 3.21. The molecule has 2 aliphatic rings. The van der Waals surface area contributed by atoms with E-state index in [1.165, 1.54) is 18.2 Å². The maximum atomic E-state index is 12.9. The fourth-order valence-corrected chi connectivity index (χ4v) is 4.60. The molecule has 6 nitrogen and oxygen atoms in total. The number of rotatable bonds is 5. The molecule has 1 aromatic rings. The highest BCUT2D eigenvalue weighted by Crippen LogP contribution is 2.31. The van der Waals surface area contributed by atoms with Crippen molar-refractivity contribution in [1.29, 1.82) is 5.26 Å². The predicted molar refractivity (Wildman–Crippen MR) is 110 cm³/mol. The normalized spacial score (nSPS) is 21.0. The van der Waals surface area contributed by atoms with E-state index in [1.807, 2.05) is 6.07 Å². The molecule has 1 saturated heterocycles. The fourth-order valence-electron chi connectivity index (χ4n) is 4.60. The standard InChI is InChI=1S/C23H28F3N3O3/c24-23(25,26)12-19-11-16(13-27)6-7-17(19)14-28-20(30)18-5-4-10-29(15-18)21(31)22(32)8-2-1-3-9-22/h6-7,11,18,32H,1-5,8-10,12,14-15H2,(H,28,30)/t18-/m1/s1. The van der Waals surface area contributed by atoms with Crippen LogP contribution in [0.5, 0.6) is 0 Å². The van der Waals surface area contributed by atoms with Crippen LogP contribution >= 0.6 is 0 Å². The number of carbonyl (C=O) groups is 2. The lowest BCUT2D eigenvalue weighted by molar-refractivity contribution is -0.157. The lowest BCUT2D eigenvalue weighted by Gasteiger charge is -2.39. The van der Waals surface area contributed by atoms with E-state index in [4.69, 9.17) is 5.26 Å². The van der Waals surface area contributed by atoms with Gasteiger partial charge in [0, 0.05) is 19.6 Å². The van der Waals surface area contributed by atoms with Crippen molar-refractivity contribution in [2.45, 2.75) is 69.7 Å². The molecule has 1 saturated carbocycles. The average Bonchev–Trinajstić information content (AvgIpc) is 2.77. The summed E-state index contributed by atoms with van der Waals surface area (Å²) in [5.41, 5.74) is -0.973. The zero-order valence-electron chi connectivity index (χ0n) is 17.9. The SMILES string of the molecule is N#Cc1ccc(CNC(=O)[C@@H]2CCCN(C(=O)C3(O)CCCCC3)C2)c(CC(F)(F)F)c1. The van der Waals surface area contributed by atoms with Crippen LogP contribution in [0.1, 0.15) is 61.6 Å². The summed E-state index contributed by atoms with van der Waals surface area (Å²) in [4.78, 5) is 27.2. The number of hydrogen-bond acceptors (Lipinski definition) is 4. The van der Waals surface area contributed by atoms with Crippen molar-refractivity contribution in [3.63, 3.8) is 0 Å². The first-order valence-electron chi connectivity index (χ1n) is 11.0. The summed E-state index contributed by atoms with van der Waals surface area (Å²) in [6, 6.07) is 5.87. The third kappa shape index (κ3) is 6.00. The molecule has 1 aliphatic carbocycles. The van der Waals surface area contributed by atoms with E-state index in [1.54, 1.807) is 4.90 Å². The van der Waals surface area contributed by atoms with Crippen molar-refractivity contribution in [2.24, 2.45) is 5.92 Å². The molecule has 9 heteroatoms. The van der Waals surface area contributed by atoms with Gasteiger partial charge in [-0.05, 0) is 48.9 Å². The Kier molecular flexibility index (Phi) is 7.44. The number of carbonyl (C=O) groups excluding carboxylic acids is 2. The summed E-state index contributed by atoms with van der Waals surface area (Å²) in [5.74, 6) is -1.14. The first-order valence-corrected chi connectivity index (χ1v) is 11.0. The molecule has 0 radical (unpaired) electrons. The highest BCUT2D eigenvalue weighted by molar-refractivity contribution is 5.86. The second kappa shape index (κ2) is 9.90. The van der Waals surface area contributed by atoms with E-state index >= 15 is 0 Å². The molecule has 174 valence electrons. The Bertz CT molecular complexity index is 889. The van der Waals surface area contributed by atoms with Crippen LogP contribution in [-0.2, 0) is 22.6 Å². The van der Waals surface area contributed by atoms with Crippen LogP contribution in [0.3, 0.4) is 0 Å². The van der Waals surface area contributed by atoms with Gasteiger partial charge in [0.15, 0.2) is 0 Å². The van der Waals surface area contributed by atoms with Gasteiger partial charge in [0.05, 0.1) is 24.0 Å². The third-order valence-electron chi connectivity index (χ3n) is 6.34. The Hall–Kier alpha value is -2.60. The zero-order chi connectivity index (χ0) is 23.4. The lowest BCUT2D eigenvalue weighted by Crippen LogP contribution is -2.54. The number of halogens is 3. The molecule has 1 aliphatic heterocycles. The smallest absolute Gasteiger partial charge is 0.380 e. The Morgan fingerprint density at radius 1 is 1.19 bits per heavy atom. The van der Waals surface area contributed by atoms with Crippen LogP contribution in [0.4, 0.5) is 13.2 Å². The molecule has 0 unspecified atom stereocenters. The highest BCUT2D eigenvalue weighted by Gasteiger charge is 2.42. The molecule has 1 heterocycles. The first-order chi connectivity index (χ1) is 15.1. The number of nitrogens with zero attached hydrogens (tertiary/aromatic N) is 2. The fraction of sp³-hybridized carbons (Fsp3) is 0.609. The molecule has 1 atom stereocenters. The molecule has 32 heavy (non-hydrogen) atoms. The lowest BCUT2D eigenvalue weighted by atomic mass is 9.83. The maximum Gasteiger partial charge on any atom is 0.393 e. The van der Waals surface area contributed by atoms with Crippen molar-refractivity contribution in [3.8, 4) is 6.07 Å². The Morgan fingerprint density at radius 3 is 2.56 bits per heavy atom. The molecular weight excluding hydrogens is 423 g/mol. The number of amides is 2. The minimum absolute atomic E-state index is 0.0446. The monoisotopic (exact) mass is 451 g/mol. The number of benzene rings is 1. The molecule has 0 aromatic heterocycles. The van der Waals surface area contributed by atoms with Gasteiger partial charge >= 0.3 is 6.18 Å². The minimum atomic E-state index is -4.43. The molecule has 0 spiro atoms. The highest BCUT2D eigenvalue weighted by atomic mass is 19.4. The molecule has 2 fully saturated rings. The molecule has 2 N–H and O–H groups in total. The van der Waals surface area contributed by atoms with E-state index in [2.05, 4.69) is 5.32 Å². The average molecular weight is 451 g/mol. The number of nitriles is 1. The molecular formula is C23H28F3N3O3. The maximum absolute atomic E-state index is 12.9. The quantitative estimate of drug-likeness (QED) is 0.719. The van der Waals surface area contributed by atoms with Gasteiger partial charge in [0.1, 0.15) is 5.60 Å². The van der Waals surface area contributed by atoms with Crippen LogP contribution in [0.15, 0.2) is 18.2 Å². The van der Waals surface area contributed by atoms with Gasteiger partial charge < -0.3 is 15.3 Å². The van der Waals surface area contributed by atoms with Crippen LogP contribution in [0.2, 0.25) is 0 Å². The van der Waals surface area contributed by atoms with Gasteiger partial charge in [-0.15, -0.1) is 0 Å². The summed E-state index contributed by atoms with van der Waals surface area (Å²) >= 11 is 0. The van der Waals surface area contributed by atoms with E-state index in [0.717, 1.165) is 19.3 Å². The zero-order valence-corrected chi connectivity index (χ0v) is 17.9. The van der Waals surface area contributed by atoms with E-state index in [-0.39, 0.29) is 36.0 Å². The van der Waals surface area contributed by atoms with Crippen molar-refractivity contribution >= 4 is 11.8 Å². The summed E-state index contributed by atoms with van der Waals surface area (Å²) < 4.78 is 38.8. The topological polar surface area (TPSA) is 93.4 Å². The van der Waals surface area contributed by atoms with Crippen molar-refractivity contribution < 1.29 is 27.9 Å². The summed E-state index contributed by atoms with van der Waals surface area (Å²) in [6.07, 6.45) is -0.983. The summed E-state index contributed by atoms with van der Waals surface area (Å²) in [6.45, 7) is 0.580. The van der Waals surface area contributed by atoms with Crippen molar-refractivity contribution in [2.75, 3.05) is 13.1 Å². The first kappa shape index (κ1) is 24.1. The molecule has 0 bridgehead atoms. The van der Waals surface area contributed by atoms with Crippen LogP contribution in [0, 0.1) is 17.2 Å². The van der Waals surface area contributed by atoms with Gasteiger partial charge in [-0.2, -0.15) is 18.4 Å². The largest absolute Gasteiger partial charge is 0.393 e. The Labute approximate surface area is 185 Å². The van der Waals surface area contributed by atoms with E-state index in [9.17, 15) is 27.9 Å². The Morgan fingerprint density at radius 2 is 1.91 bits per heavy atom. The van der Waals surface area contributed by atoms with E-state index in [0.29, 0.717) is 37.8 Å². The van der Waals surface area contributed by atoms with Crippen molar-refractivity contribution in [3.05, 3.63) is 34.9 Å². The number of alkyl halides is 3. The second-order valence-electron chi connectivity index (χ2n) is 8.79. The van der Waals surface area contributed by atoms with Gasteiger partial charge in [-0.25, -0.2) is 0 Å². The number of piperidine rings is 1. The van der Waals surface area contributed by atoms with Gasteiger partial charge in [-0.1, -0.05) is 25.3 Å². The van der Waals surface area contributed by atoms with Gasteiger partial charge in [-0.3, -0.25) is 9.59 Å². The van der Waals surface area contributed by atoms with E-state index < -0.39 is 24.1 Å². The minimum Gasteiger partial charge on any atom is -0.380 e. The molecule has 2 amide bonds. The number of hydrogen-bond donors (Lipinski definition) is 2. The summed E-state index contributed by atoms with van der Waals surface area (Å²) in [7, 11) is 0. The number of aliphatic hydroxyl groups is 1. The molecule has 1 aromatic carbocycles. The van der Waals surface area contributed by atoms with Gasteiger partial charge in [0.25, 0.3) is 5.91 Å². The van der Waals surface area contributed by atoms with Crippen LogP contribution in [-0.4, -0.2) is 46.7 Å². The van der Waals surface area contributed by atoms with Crippen molar-refractivity contribution in [1.82, 2.24) is 10.2 Å². The second-order valence-corrected chi connectivity index (χ2v) is 8.79. The van der Waals surface area contributed by atoms with Gasteiger partial charge in [0.2, 0.25) is 5.91 Å². The van der Waals surface area contributed by atoms with Crippen LogP contribution < -0.4 is 5.32 Å². The third-order valence-corrected chi connectivity index (χ3v) is 6.34. The number of nitrogens with one attached hydrogen (secondary N) is 1. The summed E-state index contributed by atoms with van der Waals surface area (Å²) in [5, 5.41) is 22.4. The Balaban J connectivity index is 1.62. The number of likely N-dealkylation sites (tertiary alicyclic amines) is 1. The van der Waals surface area contributed by atoms with Crippen LogP contribution in [0.25, 0.3) is 0 Å². The molecule has 3 rings (SSSR count).